The third kappa shape index (κ3) is 3.22. The first-order chi connectivity index (χ1) is 10.3. The van der Waals surface area contributed by atoms with E-state index in [9.17, 15) is 0 Å². The minimum absolute atomic E-state index is 0.615. The van der Waals surface area contributed by atoms with E-state index in [1.54, 1.807) is 13.3 Å². The average Bonchev–Trinajstić information content (AvgIpc) is 2.88. The lowest BCUT2D eigenvalue weighted by molar-refractivity contribution is 0.185. The second kappa shape index (κ2) is 6.24. The third-order valence-corrected chi connectivity index (χ3v) is 3.56. The summed E-state index contributed by atoms with van der Waals surface area (Å²) in [4.78, 5) is 8.51. The van der Waals surface area contributed by atoms with Crippen LogP contribution in [0.2, 0.25) is 0 Å². The molecule has 21 heavy (non-hydrogen) atoms. The van der Waals surface area contributed by atoms with Crippen molar-refractivity contribution in [1.29, 1.82) is 0 Å². The van der Waals surface area contributed by atoms with Gasteiger partial charge in [-0.1, -0.05) is 12.1 Å². The number of anilines is 1. The maximum absolute atomic E-state index is 5.15. The summed E-state index contributed by atoms with van der Waals surface area (Å²) in [6, 6.07) is 8.20. The number of benzene rings is 1. The monoisotopic (exact) mass is 346 g/mol. The summed E-state index contributed by atoms with van der Waals surface area (Å²) < 4.78 is 7.96. The van der Waals surface area contributed by atoms with Crippen molar-refractivity contribution in [2.24, 2.45) is 0 Å². The maximum Gasteiger partial charge on any atom is 0.155 e. The molecule has 3 rings (SSSR count). The summed E-state index contributed by atoms with van der Waals surface area (Å²) >= 11 is 3.38. The quantitative estimate of drug-likeness (QED) is 0.770. The zero-order valence-electron chi connectivity index (χ0n) is 11.6. The number of ether oxygens (including phenoxy) is 1. The van der Waals surface area contributed by atoms with Crippen LogP contribution in [0.1, 0.15) is 11.3 Å². The van der Waals surface area contributed by atoms with E-state index < -0.39 is 0 Å². The Balaban J connectivity index is 1.77. The highest BCUT2D eigenvalue weighted by atomic mass is 79.9. The standard InChI is InChI=1S/C15H15BrN4O/c1-21-10-11-3-2-4-12(5-11)17-6-13-7-19-15-8-18-14(16)9-20(13)15/h2-5,7-9,17H,6,10H2,1H3. The fourth-order valence-electron chi connectivity index (χ4n) is 2.18. The van der Waals surface area contributed by atoms with Crippen LogP contribution < -0.4 is 5.32 Å². The Morgan fingerprint density at radius 3 is 3.05 bits per heavy atom. The Hall–Kier alpha value is -1.92. The molecule has 108 valence electrons. The molecule has 0 fully saturated rings. The lowest BCUT2D eigenvalue weighted by Gasteiger charge is -2.08. The molecule has 6 heteroatoms. The van der Waals surface area contributed by atoms with Gasteiger partial charge in [-0.15, -0.1) is 0 Å². The van der Waals surface area contributed by atoms with E-state index in [1.165, 1.54) is 0 Å². The number of halogens is 1. The smallest absolute Gasteiger partial charge is 0.155 e. The highest BCUT2D eigenvalue weighted by Gasteiger charge is 2.04. The van der Waals surface area contributed by atoms with Crippen LogP contribution in [-0.2, 0) is 17.9 Å². The number of rotatable bonds is 5. The highest BCUT2D eigenvalue weighted by molar-refractivity contribution is 9.10. The second-order valence-corrected chi connectivity index (χ2v) is 5.49. The Kier molecular flexibility index (Phi) is 4.17. The van der Waals surface area contributed by atoms with Gasteiger partial charge in [-0.3, -0.25) is 4.40 Å². The molecule has 0 bridgehead atoms. The summed E-state index contributed by atoms with van der Waals surface area (Å²) in [5.74, 6) is 0. The van der Waals surface area contributed by atoms with Crippen molar-refractivity contribution in [1.82, 2.24) is 14.4 Å². The lowest BCUT2D eigenvalue weighted by atomic mass is 10.2. The van der Waals surface area contributed by atoms with E-state index in [0.29, 0.717) is 13.2 Å². The predicted octanol–water partition coefficient (Wildman–Crippen LogP) is 3.25. The molecule has 2 aromatic heterocycles. The third-order valence-electron chi connectivity index (χ3n) is 3.15. The first-order valence-corrected chi connectivity index (χ1v) is 7.35. The topological polar surface area (TPSA) is 51.5 Å². The van der Waals surface area contributed by atoms with Gasteiger partial charge < -0.3 is 10.1 Å². The summed E-state index contributed by atoms with van der Waals surface area (Å²) in [7, 11) is 1.70. The van der Waals surface area contributed by atoms with Gasteiger partial charge in [0.1, 0.15) is 4.60 Å². The Bertz CT molecular complexity index is 756. The van der Waals surface area contributed by atoms with Crippen molar-refractivity contribution in [3.05, 3.63) is 58.7 Å². The van der Waals surface area contributed by atoms with Crippen LogP contribution in [-0.4, -0.2) is 21.5 Å². The minimum atomic E-state index is 0.615. The SMILES string of the molecule is COCc1cccc(NCc2cnc3cnc(Br)cn23)c1. The largest absolute Gasteiger partial charge is 0.380 e. The number of hydrogen-bond acceptors (Lipinski definition) is 4. The van der Waals surface area contributed by atoms with Gasteiger partial charge in [0.15, 0.2) is 5.65 Å². The number of fused-ring (bicyclic) bond motifs is 1. The summed E-state index contributed by atoms with van der Waals surface area (Å²) in [6.07, 6.45) is 5.52. The van der Waals surface area contributed by atoms with E-state index in [4.69, 9.17) is 4.74 Å². The van der Waals surface area contributed by atoms with Crippen LogP contribution in [0.25, 0.3) is 5.65 Å². The fourth-order valence-corrected chi connectivity index (χ4v) is 2.48. The second-order valence-electron chi connectivity index (χ2n) is 4.67. The predicted molar refractivity (Wildman–Crippen MR) is 85.2 cm³/mol. The maximum atomic E-state index is 5.15. The van der Waals surface area contributed by atoms with Gasteiger partial charge >= 0.3 is 0 Å². The van der Waals surface area contributed by atoms with Gasteiger partial charge in [-0.25, -0.2) is 9.97 Å². The van der Waals surface area contributed by atoms with Crippen molar-refractivity contribution in [2.45, 2.75) is 13.2 Å². The number of nitrogens with one attached hydrogen (secondary N) is 1. The van der Waals surface area contributed by atoms with Gasteiger partial charge in [0.25, 0.3) is 0 Å². The Labute approximate surface area is 131 Å². The molecule has 2 heterocycles. The molecular weight excluding hydrogens is 332 g/mol. The first kappa shape index (κ1) is 14.0. The number of nitrogens with zero attached hydrogens (tertiary/aromatic N) is 3. The lowest BCUT2D eigenvalue weighted by Crippen LogP contribution is -2.03. The molecule has 1 aromatic carbocycles. The molecule has 0 radical (unpaired) electrons. The summed E-state index contributed by atoms with van der Waals surface area (Å²) in [5, 5.41) is 3.41. The molecule has 0 aliphatic heterocycles. The minimum Gasteiger partial charge on any atom is -0.380 e. The van der Waals surface area contributed by atoms with Crippen LogP contribution in [0.4, 0.5) is 5.69 Å². The van der Waals surface area contributed by atoms with E-state index in [1.807, 2.05) is 35.0 Å². The average molecular weight is 347 g/mol. The van der Waals surface area contributed by atoms with Crippen molar-refractivity contribution in [2.75, 3.05) is 12.4 Å². The molecule has 0 aliphatic carbocycles. The van der Waals surface area contributed by atoms with E-state index in [0.717, 1.165) is 27.2 Å². The number of aromatic nitrogens is 3. The number of methoxy groups -OCH3 is 1. The fraction of sp³-hybridized carbons (Fsp3) is 0.200. The molecule has 0 aliphatic rings. The molecule has 0 saturated heterocycles. The molecule has 3 aromatic rings. The van der Waals surface area contributed by atoms with Gasteiger partial charge in [-0.2, -0.15) is 0 Å². The van der Waals surface area contributed by atoms with Crippen molar-refractivity contribution >= 4 is 27.3 Å². The summed E-state index contributed by atoms with van der Waals surface area (Å²) in [5.41, 5.74) is 4.12. The highest BCUT2D eigenvalue weighted by Crippen LogP contribution is 2.15. The van der Waals surface area contributed by atoms with Gasteiger partial charge in [0.05, 0.1) is 31.2 Å². The van der Waals surface area contributed by atoms with Crippen molar-refractivity contribution in [3.8, 4) is 0 Å². The van der Waals surface area contributed by atoms with Crippen LogP contribution in [0.5, 0.6) is 0 Å². The van der Waals surface area contributed by atoms with Gasteiger partial charge in [0.2, 0.25) is 0 Å². The zero-order chi connectivity index (χ0) is 14.7. The Morgan fingerprint density at radius 2 is 2.19 bits per heavy atom. The molecular formula is C15H15BrN4O. The molecule has 0 amide bonds. The summed E-state index contributed by atoms with van der Waals surface area (Å²) in [6.45, 7) is 1.30. The Morgan fingerprint density at radius 1 is 1.29 bits per heavy atom. The number of imidazole rings is 1. The molecule has 0 spiro atoms. The van der Waals surface area contributed by atoms with Crippen LogP contribution >= 0.6 is 15.9 Å². The first-order valence-electron chi connectivity index (χ1n) is 6.55. The van der Waals surface area contributed by atoms with E-state index in [2.05, 4.69) is 37.3 Å². The van der Waals surface area contributed by atoms with Crippen LogP contribution in [0, 0.1) is 0 Å². The van der Waals surface area contributed by atoms with Gasteiger partial charge in [0, 0.05) is 19.0 Å². The molecule has 0 unspecified atom stereocenters. The van der Waals surface area contributed by atoms with Crippen LogP contribution in [0.15, 0.2) is 47.5 Å². The number of hydrogen-bond donors (Lipinski definition) is 1. The normalized spacial score (nSPS) is 11.0. The zero-order valence-corrected chi connectivity index (χ0v) is 13.2. The van der Waals surface area contributed by atoms with E-state index >= 15 is 0 Å². The van der Waals surface area contributed by atoms with Crippen molar-refractivity contribution < 1.29 is 4.74 Å². The van der Waals surface area contributed by atoms with Crippen LogP contribution in [0.3, 0.4) is 0 Å². The molecule has 1 N–H and O–H groups in total. The molecule has 0 atom stereocenters. The molecule has 5 nitrogen and oxygen atoms in total. The van der Waals surface area contributed by atoms with Crippen molar-refractivity contribution in [3.63, 3.8) is 0 Å². The van der Waals surface area contributed by atoms with E-state index in [-0.39, 0.29) is 0 Å². The molecule has 0 saturated carbocycles. The van der Waals surface area contributed by atoms with Gasteiger partial charge in [-0.05, 0) is 33.6 Å².